The summed E-state index contributed by atoms with van der Waals surface area (Å²) in [7, 11) is 0. The summed E-state index contributed by atoms with van der Waals surface area (Å²) in [4.78, 5) is 12.8. The van der Waals surface area contributed by atoms with Crippen LogP contribution < -0.4 is 0 Å². The third-order valence-electron chi connectivity index (χ3n) is 2.18. The molecule has 1 aromatic rings. The van der Waals surface area contributed by atoms with Gasteiger partial charge in [-0.3, -0.25) is 4.79 Å². The predicted octanol–water partition coefficient (Wildman–Crippen LogP) is 4.34. The minimum absolute atomic E-state index is 0.0258. The number of halogens is 6. The molecular weight excluding hydrogens is 461 g/mol. The second-order valence-electron chi connectivity index (χ2n) is 3.66. The molecule has 0 aromatic heterocycles. The molecule has 19 heavy (non-hydrogen) atoms. The van der Waals surface area contributed by atoms with Gasteiger partial charge in [-0.2, -0.15) is 13.2 Å². The molecule has 0 heterocycles. The first kappa shape index (κ1) is 17.0. The first-order valence-corrected chi connectivity index (χ1v) is 7.69. The van der Waals surface area contributed by atoms with E-state index in [0.29, 0.717) is 5.02 Å². The quantitative estimate of drug-likeness (QED) is 0.474. The van der Waals surface area contributed by atoms with Gasteiger partial charge in [0, 0.05) is 21.0 Å². The molecule has 0 spiro atoms. The van der Waals surface area contributed by atoms with E-state index in [-0.39, 0.29) is 17.4 Å². The molecule has 0 radical (unpaired) electrons. The van der Waals surface area contributed by atoms with Crippen LogP contribution in [0, 0.1) is 3.57 Å². The lowest BCUT2D eigenvalue weighted by Gasteiger charge is -2.23. The van der Waals surface area contributed by atoms with Gasteiger partial charge in [-0.05, 0) is 40.8 Å². The number of nitrogens with zero attached hydrogens (tertiary/aromatic N) is 1. The zero-order valence-corrected chi connectivity index (χ0v) is 14.0. The van der Waals surface area contributed by atoms with Crippen LogP contribution in [0.2, 0.25) is 5.02 Å². The summed E-state index contributed by atoms with van der Waals surface area (Å²) in [6, 6.07) is 4.44. The van der Waals surface area contributed by atoms with Crippen LogP contribution in [0.5, 0.6) is 0 Å². The van der Waals surface area contributed by atoms with Crippen molar-refractivity contribution in [2.75, 3.05) is 18.4 Å². The number of carbonyl (C=O) groups is 1. The normalized spacial score (nSPS) is 11.5. The largest absolute Gasteiger partial charge is 0.406 e. The number of benzene rings is 1. The molecule has 2 nitrogen and oxygen atoms in total. The van der Waals surface area contributed by atoms with Crippen molar-refractivity contribution in [1.29, 1.82) is 0 Å². The number of alkyl halides is 4. The highest BCUT2D eigenvalue weighted by atomic mass is 127. The van der Waals surface area contributed by atoms with E-state index in [1.54, 1.807) is 6.07 Å². The van der Waals surface area contributed by atoms with Crippen molar-refractivity contribution >= 4 is 56.0 Å². The van der Waals surface area contributed by atoms with Crippen LogP contribution in [0.3, 0.4) is 0 Å². The van der Waals surface area contributed by atoms with Crippen LogP contribution in [0.15, 0.2) is 18.2 Å². The average Bonchev–Trinajstić information content (AvgIpc) is 2.29. The van der Waals surface area contributed by atoms with E-state index in [4.69, 9.17) is 11.6 Å². The number of amides is 1. The number of hydrogen-bond acceptors (Lipinski definition) is 1. The molecule has 0 saturated carbocycles. The van der Waals surface area contributed by atoms with E-state index in [0.717, 1.165) is 8.47 Å². The van der Waals surface area contributed by atoms with E-state index < -0.39 is 18.6 Å². The number of rotatable bonds is 4. The van der Waals surface area contributed by atoms with Crippen molar-refractivity contribution in [2.45, 2.75) is 6.18 Å². The molecular formula is C11H9BrClF3INO. The Morgan fingerprint density at radius 3 is 2.53 bits per heavy atom. The lowest BCUT2D eigenvalue weighted by molar-refractivity contribution is -0.140. The Labute approximate surface area is 135 Å². The molecule has 1 amide bonds. The van der Waals surface area contributed by atoms with Gasteiger partial charge < -0.3 is 4.90 Å². The second kappa shape index (κ2) is 7.12. The smallest absolute Gasteiger partial charge is 0.329 e. The molecule has 0 aliphatic rings. The molecule has 1 rings (SSSR count). The molecule has 0 unspecified atom stereocenters. The molecule has 0 atom stereocenters. The molecule has 1 aromatic carbocycles. The highest BCUT2D eigenvalue weighted by Crippen LogP contribution is 2.22. The lowest BCUT2D eigenvalue weighted by Crippen LogP contribution is -2.40. The molecule has 0 aliphatic carbocycles. The minimum atomic E-state index is -4.43. The van der Waals surface area contributed by atoms with Crippen LogP contribution in [-0.4, -0.2) is 35.4 Å². The summed E-state index contributed by atoms with van der Waals surface area (Å²) in [5.41, 5.74) is 0.149. The number of hydrogen-bond donors (Lipinski definition) is 0. The Morgan fingerprint density at radius 2 is 2.05 bits per heavy atom. The Morgan fingerprint density at radius 1 is 1.42 bits per heavy atom. The molecule has 0 saturated heterocycles. The molecule has 0 bridgehead atoms. The summed E-state index contributed by atoms with van der Waals surface area (Å²) in [5.74, 6) is -0.685. The second-order valence-corrected chi connectivity index (χ2v) is 6.02. The van der Waals surface area contributed by atoms with E-state index in [1.807, 2.05) is 22.6 Å². The summed E-state index contributed by atoms with van der Waals surface area (Å²) < 4.78 is 38.0. The lowest BCUT2D eigenvalue weighted by atomic mass is 10.2. The van der Waals surface area contributed by atoms with Crippen molar-refractivity contribution in [3.8, 4) is 0 Å². The molecule has 0 fully saturated rings. The monoisotopic (exact) mass is 469 g/mol. The van der Waals surface area contributed by atoms with Gasteiger partial charge >= 0.3 is 6.18 Å². The van der Waals surface area contributed by atoms with Crippen molar-refractivity contribution < 1.29 is 18.0 Å². The maximum atomic E-state index is 12.4. The van der Waals surface area contributed by atoms with Crippen LogP contribution in [0.4, 0.5) is 13.2 Å². The van der Waals surface area contributed by atoms with Crippen LogP contribution >= 0.6 is 50.1 Å². The topological polar surface area (TPSA) is 20.3 Å². The van der Waals surface area contributed by atoms with E-state index >= 15 is 0 Å². The predicted molar refractivity (Wildman–Crippen MR) is 79.9 cm³/mol. The van der Waals surface area contributed by atoms with Gasteiger partial charge in [0.1, 0.15) is 6.54 Å². The summed E-state index contributed by atoms with van der Waals surface area (Å²) >= 11 is 10.9. The van der Waals surface area contributed by atoms with Crippen molar-refractivity contribution in [3.05, 3.63) is 32.4 Å². The van der Waals surface area contributed by atoms with Gasteiger partial charge in [0.2, 0.25) is 0 Å². The fourth-order valence-corrected chi connectivity index (χ4v) is 2.33. The van der Waals surface area contributed by atoms with E-state index in [1.165, 1.54) is 12.1 Å². The summed E-state index contributed by atoms with van der Waals surface area (Å²) in [5, 5.41) is 0.615. The summed E-state index contributed by atoms with van der Waals surface area (Å²) in [6.07, 6.45) is -4.43. The fourth-order valence-electron chi connectivity index (χ4n) is 1.38. The van der Waals surface area contributed by atoms with Gasteiger partial charge in [0.15, 0.2) is 0 Å². The van der Waals surface area contributed by atoms with E-state index in [9.17, 15) is 18.0 Å². The maximum Gasteiger partial charge on any atom is 0.406 e. The highest BCUT2D eigenvalue weighted by molar-refractivity contribution is 14.1. The molecule has 0 aliphatic heterocycles. The molecule has 8 heteroatoms. The first-order chi connectivity index (χ1) is 8.74. The molecule has 106 valence electrons. The SMILES string of the molecule is O=C(c1ccc(I)c(Cl)c1)N(CCBr)CC(F)(F)F. The maximum absolute atomic E-state index is 12.4. The third kappa shape index (κ3) is 5.47. The van der Waals surface area contributed by atoms with Crippen LogP contribution in [0.25, 0.3) is 0 Å². The van der Waals surface area contributed by atoms with Gasteiger partial charge in [0.25, 0.3) is 5.91 Å². The summed E-state index contributed by atoms with van der Waals surface area (Å²) in [6.45, 7) is -1.30. The Hall–Kier alpha value is -0.0200. The Kier molecular flexibility index (Phi) is 6.38. The fraction of sp³-hybridized carbons (Fsp3) is 0.364. The third-order valence-corrected chi connectivity index (χ3v) is 4.11. The Balaban J connectivity index is 2.95. The van der Waals surface area contributed by atoms with E-state index in [2.05, 4.69) is 15.9 Å². The van der Waals surface area contributed by atoms with Gasteiger partial charge in [0.05, 0.1) is 5.02 Å². The van der Waals surface area contributed by atoms with Gasteiger partial charge in [-0.25, -0.2) is 0 Å². The van der Waals surface area contributed by atoms with Gasteiger partial charge in [-0.1, -0.05) is 27.5 Å². The van der Waals surface area contributed by atoms with Crippen molar-refractivity contribution in [1.82, 2.24) is 4.90 Å². The van der Waals surface area contributed by atoms with Crippen molar-refractivity contribution in [3.63, 3.8) is 0 Å². The zero-order chi connectivity index (χ0) is 14.6. The minimum Gasteiger partial charge on any atom is -0.329 e. The standard InChI is InChI=1S/C11H9BrClF3INO/c12-3-4-18(6-11(14,15)16)10(19)7-1-2-9(17)8(13)5-7/h1-2,5H,3-4,6H2. The zero-order valence-electron chi connectivity index (χ0n) is 9.48. The van der Waals surface area contributed by atoms with Gasteiger partial charge in [-0.15, -0.1) is 0 Å². The van der Waals surface area contributed by atoms with Crippen molar-refractivity contribution in [2.24, 2.45) is 0 Å². The molecule has 0 N–H and O–H groups in total. The highest BCUT2D eigenvalue weighted by Gasteiger charge is 2.33. The van der Waals surface area contributed by atoms with Crippen LogP contribution in [-0.2, 0) is 0 Å². The number of carbonyl (C=O) groups excluding carboxylic acids is 1. The average molecular weight is 470 g/mol. The first-order valence-electron chi connectivity index (χ1n) is 5.11. The Bertz CT molecular complexity index is 470. The van der Waals surface area contributed by atoms with Crippen LogP contribution in [0.1, 0.15) is 10.4 Å².